The van der Waals surface area contributed by atoms with Crippen molar-refractivity contribution in [2.24, 2.45) is 0 Å². The average Bonchev–Trinajstić information content (AvgIpc) is 3.14. The molecule has 0 aliphatic carbocycles. The molecule has 0 aromatic carbocycles. The fourth-order valence-corrected chi connectivity index (χ4v) is 3.05. The zero-order valence-electron chi connectivity index (χ0n) is 11.2. The van der Waals surface area contributed by atoms with Crippen molar-refractivity contribution >= 4 is 16.3 Å². The smallest absolute Gasteiger partial charge is 0.214 e. The first-order valence-electron chi connectivity index (χ1n) is 6.47. The van der Waals surface area contributed by atoms with Gasteiger partial charge in [-0.25, -0.2) is 4.98 Å². The molecule has 0 fully saturated rings. The number of hydrogen-bond donors (Lipinski definition) is 0. The second kappa shape index (κ2) is 5.02. The molecule has 0 amide bonds. The number of pyridine rings is 2. The highest BCUT2D eigenvalue weighted by Crippen LogP contribution is 2.29. The molecule has 7 heteroatoms. The Bertz CT molecular complexity index is 981. The summed E-state index contributed by atoms with van der Waals surface area (Å²) in [6.07, 6.45) is 6.83. The largest absolute Gasteiger partial charge is 0.264 e. The van der Waals surface area contributed by atoms with Crippen molar-refractivity contribution in [1.82, 2.24) is 24.6 Å². The van der Waals surface area contributed by atoms with Crippen LogP contribution in [0.1, 0.15) is 5.69 Å². The second-order valence-corrected chi connectivity index (χ2v) is 5.46. The molecule has 0 bridgehead atoms. The zero-order chi connectivity index (χ0) is 14.9. The summed E-state index contributed by atoms with van der Waals surface area (Å²) in [6.45, 7) is 0. The summed E-state index contributed by atoms with van der Waals surface area (Å²) >= 11 is 1.42. The lowest BCUT2D eigenvalue weighted by atomic mass is 10.2. The molecule has 4 aromatic rings. The Labute approximate surface area is 129 Å². The maximum Gasteiger partial charge on any atom is 0.214 e. The minimum atomic E-state index is 0.411. The summed E-state index contributed by atoms with van der Waals surface area (Å²) in [7, 11) is 0. The van der Waals surface area contributed by atoms with Crippen LogP contribution in [0.3, 0.4) is 0 Å². The topological polar surface area (TPSA) is 79.8 Å². The number of nitriles is 1. The van der Waals surface area contributed by atoms with Gasteiger partial charge >= 0.3 is 0 Å². The van der Waals surface area contributed by atoms with E-state index in [0.717, 1.165) is 16.1 Å². The fourth-order valence-electron chi connectivity index (χ4n) is 2.16. The van der Waals surface area contributed by atoms with Gasteiger partial charge in [0, 0.05) is 35.9 Å². The average molecular weight is 304 g/mol. The van der Waals surface area contributed by atoms with E-state index < -0.39 is 0 Å². The van der Waals surface area contributed by atoms with Crippen LogP contribution in [-0.4, -0.2) is 24.6 Å². The number of hydrogen-bond acceptors (Lipinski definition) is 6. The molecular formula is C15H8N6S. The maximum absolute atomic E-state index is 9.47. The Hall–Kier alpha value is -3.11. The van der Waals surface area contributed by atoms with E-state index in [9.17, 15) is 5.26 Å². The molecule has 0 atom stereocenters. The van der Waals surface area contributed by atoms with E-state index in [1.54, 1.807) is 29.3 Å². The Kier molecular flexibility index (Phi) is 2.88. The Morgan fingerprint density at radius 3 is 2.41 bits per heavy atom. The van der Waals surface area contributed by atoms with Crippen molar-refractivity contribution in [2.45, 2.75) is 0 Å². The second-order valence-electron chi connectivity index (χ2n) is 4.51. The van der Waals surface area contributed by atoms with Crippen molar-refractivity contribution in [3.63, 3.8) is 0 Å². The minimum Gasteiger partial charge on any atom is -0.264 e. The summed E-state index contributed by atoms with van der Waals surface area (Å²) in [4.78, 5) is 13.4. The normalized spacial score (nSPS) is 10.7. The number of imidazole rings is 1. The fraction of sp³-hybridized carbons (Fsp3) is 0. The third-order valence-electron chi connectivity index (χ3n) is 3.15. The van der Waals surface area contributed by atoms with Gasteiger partial charge in [0.15, 0.2) is 5.69 Å². The molecule has 0 aliphatic rings. The lowest BCUT2D eigenvalue weighted by Gasteiger charge is -1.96. The van der Waals surface area contributed by atoms with Gasteiger partial charge < -0.3 is 0 Å². The highest BCUT2D eigenvalue weighted by molar-refractivity contribution is 7.19. The summed E-state index contributed by atoms with van der Waals surface area (Å²) in [5.41, 5.74) is 2.73. The van der Waals surface area contributed by atoms with Crippen molar-refractivity contribution in [3.05, 3.63) is 54.7 Å². The molecule has 4 rings (SSSR count). The quantitative estimate of drug-likeness (QED) is 0.569. The van der Waals surface area contributed by atoms with Gasteiger partial charge in [0.1, 0.15) is 16.8 Å². The molecule has 0 saturated carbocycles. The van der Waals surface area contributed by atoms with Crippen LogP contribution in [0.15, 0.2) is 49.1 Å². The maximum atomic E-state index is 9.47. The Morgan fingerprint density at radius 2 is 1.77 bits per heavy atom. The molecule has 22 heavy (non-hydrogen) atoms. The van der Waals surface area contributed by atoms with Gasteiger partial charge in [-0.3, -0.25) is 9.97 Å². The van der Waals surface area contributed by atoms with E-state index in [0.29, 0.717) is 16.3 Å². The summed E-state index contributed by atoms with van der Waals surface area (Å²) in [5, 5.41) is 14.7. The predicted molar refractivity (Wildman–Crippen MR) is 82.0 cm³/mol. The van der Waals surface area contributed by atoms with E-state index >= 15 is 0 Å². The van der Waals surface area contributed by atoms with E-state index in [-0.39, 0.29) is 0 Å². The summed E-state index contributed by atoms with van der Waals surface area (Å²) in [5.74, 6) is 0. The van der Waals surface area contributed by atoms with Gasteiger partial charge in [-0.1, -0.05) is 11.3 Å². The third-order valence-corrected chi connectivity index (χ3v) is 4.11. The lowest BCUT2D eigenvalue weighted by molar-refractivity contribution is 0.959. The number of aromatic nitrogens is 5. The molecule has 4 heterocycles. The first-order valence-corrected chi connectivity index (χ1v) is 7.29. The first kappa shape index (κ1) is 12.6. The van der Waals surface area contributed by atoms with Gasteiger partial charge in [-0.05, 0) is 24.3 Å². The molecule has 0 aliphatic heterocycles. The lowest BCUT2D eigenvalue weighted by Crippen LogP contribution is -1.91. The molecule has 0 unspecified atom stereocenters. The molecule has 0 spiro atoms. The van der Waals surface area contributed by atoms with E-state index in [1.807, 2.05) is 24.3 Å². The van der Waals surface area contributed by atoms with Crippen LogP contribution in [-0.2, 0) is 0 Å². The van der Waals surface area contributed by atoms with E-state index in [1.165, 1.54) is 11.3 Å². The van der Waals surface area contributed by atoms with Gasteiger partial charge in [-0.15, -0.1) is 0 Å². The van der Waals surface area contributed by atoms with Crippen molar-refractivity contribution in [2.75, 3.05) is 0 Å². The van der Waals surface area contributed by atoms with Crippen LogP contribution >= 0.6 is 11.3 Å². The molecule has 6 nitrogen and oxygen atoms in total. The van der Waals surface area contributed by atoms with Crippen LogP contribution in [0.5, 0.6) is 0 Å². The van der Waals surface area contributed by atoms with Crippen LogP contribution in [0, 0.1) is 11.3 Å². The van der Waals surface area contributed by atoms with Gasteiger partial charge in [0.05, 0.1) is 0 Å². The van der Waals surface area contributed by atoms with Crippen LogP contribution in [0.25, 0.3) is 26.8 Å². The molecule has 0 saturated heterocycles. The monoisotopic (exact) mass is 304 g/mol. The summed E-state index contributed by atoms with van der Waals surface area (Å²) in [6, 6.07) is 9.66. The van der Waals surface area contributed by atoms with E-state index in [2.05, 4.69) is 26.1 Å². The molecule has 0 N–H and O–H groups in total. The molecule has 4 aromatic heterocycles. The van der Waals surface area contributed by atoms with Crippen LogP contribution < -0.4 is 0 Å². The highest BCUT2D eigenvalue weighted by atomic mass is 32.1. The van der Waals surface area contributed by atoms with Crippen molar-refractivity contribution in [1.29, 1.82) is 5.26 Å². The number of nitrogens with zero attached hydrogens (tertiary/aromatic N) is 6. The van der Waals surface area contributed by atoms with Crippen molar-refractivity contribution in [3.8, 4) is 27.9 Å². The predicted octanol–water partition coefficient (Wildman–Crippen LogP) is 2.79. The van der Waals surface area contributed by atoms with Crippen molar-refractivity contribution < 1.29 is 0 Å². The molecule has 104 valence electrons. The minimum absolute atomic E-state index is 0.411. The number of rotatable bonds is 2. The molecular weight excluding hydrogens is 296 g/mol. The van der Waals surface area contributed by atoms with Crippen LogP contribution in [0.2, 0.25) is 0 Å². The Morgan fingerprint density at radius 1 is 1.05 bits per heavy atom. The van der Waals surface area contributed by atoms with Crippen LogP contribution in [0.4, 0.5) is 0 Å². The van der Waals surface area contributed by atoms with E-state index in [4.69, 9.17) is 0 Å². The number of fused-ring (bicyclic) bond motifs is 1. The first-order chi connectivity index (χ1) is 10.9. The van der Waals surface area contributed by atoms with Gasteiger partial charge in [-0.2, -0.15) is 14.9 Å². The zero-order valence-corrected chi connectivity index (χ0v) is 12.0. The Balaban J connectivity index is 1.90. The SMILES string of the molecule is N#Cc1c(-c2cccnc2)nc2sc(-c3cccnc3)nn12. The summed E-state index contributed by atoms with van der Waals surface area (Å²) < 4.78 is 1.58. The van der Waals surface area contributed by atoms with Gasteiger partial charge in [0.2, 0.25) is 4.96 Å². The molecule has 0 radical (unpaired) electrons. The standard InChI is InChI=1S/C15H8N6S/c16-7-12-13(10-3-1-5-17-8-10)19-15-21(12)20-14(22-15)11-4-2-6-18-9-11/h1-6,8-9H. The highest BCUT2D eigenvalue weighted by Gasteiger charge is 2.18. The van der Waals surface area contributed by atoms with Gasteiger partial charge in [0.25, 0.3) is 0 Å². The third kappa shape index (κ3) is 1.94.